The van der Waals surface area contributed by atoms with Crippen LogP contribution in [-0.2, 0) is 4.74 Å². The van der Waals surface area contributed by atoms with Crippen LogP contribution < -0.4 is 10.2 Å². The molecule has 128 valence electrons. The van der Waals surface area contributed by atoms with E-state index in [1.165, 1.54) is 17.4 Å². The molecule has 1 amide bonds. The summed E-state index contributed by atoms with van der Waals surface area (Å²) in [6, 6.07) is 10.1. The Hall–Kier alpha value is -2.51. The summed E-state index contributed by atoms with van der Waals surface area (Å²) in [6.45, 7) is 3.09. The van der Waals surface area contributed by atoms with Crippen LogP contribution in [0.3, 0.4) is 0 Å². The number of thiophene rings is 1. The van der Waals surface area contributed by atoms with Crippen LogP contribution in [0.2, 0.25) is 0 Å². The number of amides is 1. The summed E-state index contributed by atoms with van der Waals surface area (Å²) in [7, 11) is 0. The van der Waals surface area contributed by atoms with Crippen molar-refractivity contribution in [2.75, 3.05) is 36.5 Å². The molecule has 0 bridgehead atoms. The molecule has 1 aromatic carbocycles. The number of hydrogen-bond donors (Lipinski definition) is 1. The summed E-state index contributed by atoms with van der Waals surface area (Å²) < 4.78 is 19.8. The third kappa shape index (κ3) is 3.33. The highest BCUT2D eigenvalue weighted by Gasteiger charge is 2.14. The lowest BCUT2D eigenvalue weighted by atomic mass is 10.2. The van der Waals surface area contributed by atoms with Gasteiger partial charge in [0.2, 0.25) is 0 Å². The summed E-state index contributed by atoms with van der Waals surface area (Å²) in [5.74, 6) is -0.132. The third-order valence-electron chi connectivity index (χ3n) is 4.10. The Balaban J connectivity index is 1.49. The molecule has 7 heteroatoms. The first-order valence-corrected chi connectivity index (χ1v) is 8.80. The molecule has 0 aliphatic carbocycles. The van der Waals surface area contributed by atoms with Crippen molar-refractivity contribution in [2.24, 2.45) is 0 Å². The van der Waals surface area contributed by atoms with Gasteiger partial charge in [-0.05, 0) is 30.3 Å². The number of aromatic nitrogens is 1. The zero-order valence-electron chi connectivity index (χ0n) is 13.4. The van der Waals surface area contributed by atoms with E-state index < -0.39 is 0 Å². The van der Waals surface area contributed by atoms with Gasteiger partial charge < -0.3 is 15.0 Å². The first-order valence-electron chi connectivity index (χ1n) is 7.99. The molecule has 0 spiro atoms. The lowest BCUT2D eigenvalue weighted by Gasteiger charge is -2.28. The summed E-state index contributed by atoms with van der Waals surface area (Å²) in [4.78, 5) is 19.3. The van der Waals surface area contributed by atoms with Crippen molar-refractivity contribution in [1.82, 2.24) is 4.98 Å². The van der Waals surface area contributed by atoms with Gasteiger partial charge in [-0.15, -0.1) is 11.3 Å². The summed E-state index contributed by atoms with van der Waals surface area (Å²) in [6.07, 6.45) is 1.74. The molecular formula is C18H16FN3O2S. The van der Waals surface area contributed by atoms with Gasteiger partial charge in [0.25, 0.3) is 5.91 Å². The number of halogens is 1. The number of rotatable bonds is 3. The van der Waals surface area contributed by atoms with E-state index in [9.17, 15) is 9.18 Å². The fraction of sp³-hybridized carbons (Fsp3) is 0.222. The molecule has 1 saturated heterocycles. The van der Waals surface area contributed by atoms with Crippen LogP contribution in [0.25, 0.3) is 10.1 Å². The number of fused-ring (bicyclic) bond motifs is 1. The molecule has 3 aromatic rings. The van der Waals surface area contributed by atoms with Gasteiger partial charge in [0.1, 0.15) is 11.6 Å². The number of morpholine rings is 1. The minimum Gasteiger partial charge on any atom is -0.378 e. The van der Waals surface area contributed by atoms with E-state index in [0.29, 0.717) is 29.3 Å². The largest absolute Gasteiger partial charge is 0.378 e. The predicted octanol–water partition coefficient (Wildman–Crippen LogP) is 3.52. The van der Waals surface area contributed by atoms with Gasteiger partial charge in [0, 0.05) is 23.2 Å². The van der Waals surface area contributed by atoms with Crippen molar-refractivity contribution in [3.05, 3.63) is 53.3 Å². The Morgan fingerprint density at radius 3 is 2.80 bits per heavy atom. The number of carbonyl (C=O) groups is 1. The van der Waals surface area contributed by atoms with Gasteiger partial charge in [0.15, 0.2) is 0 Å². The molecular weight excluding hydrogens is 341 g/mol. The number of anilines is 2. The fourth-order valence-corrected chi connectivity index (χ4v) is 3.75. The zero-order chi connectivity index (χ0) is 17.2. The third-order valence-corrected chi connectivity index (χ3v) is 5.20. The van der Waals surface area contributed by atoms with Crippen LogP contribution in [0.5, 0.6) is 0 Å². The van der Waals surface area contributed by atoms with E-state index in [4.69, 9.17) is 4.74 Å². The minimum absolute atomic E-state index is 0.285. The Kier molecular flexibility index (Phi) is 4.33. The number of nitrogens with zero attached hydrogens (tertiary/aromatic N) is 2. The van der Waals surface area contributed by atoms with Crippen molar-refractivity contribution in [3.63, 3.8) is 0 Å². The molecule has 0 radical (unpaired) electrons. The van der Waals surface area contributed by atoms with Gasteiger partial charge in [-0.1, -0.05) is 6.07 Å². The summed E-state index contributed by atoms with van der Waals surface area (Å²) in [5, 5.41) is 3.23. The SMILES string of the molecule is O=C(Nc1ccc(N2CCOCC2)cn1)c1cc2c(F)cccc2s1. The van der Waals surface area contributed by atoms with Crippen LogP contribution >= 0.6 is 11.3 Å². The second kappa shape index (κ2) is 6.78. The molecule has 4 rings (SSSR count). The summed E-state index contributed by atoms with van der Waals surface area (Å²) in [5.41, 5.74) is 1.00. The molecule has 1 aliphatic rings. The van der Waals surface area contributed by atoms with Crippen molar-refractivity contribution in [1.29, 1.82) is 0 Å². The van der Waals surface area contributed by atoms with Crippen molar-refractivity contribution < 1.29 is 13.9 Å². The first-order chi connectivity index (χ1) is 12.2. The standard InChI is InChI=1S/C18H16FN3O2S/c19-14-2-1-3-15-13(14)10-16(25-15)18(23)21-17-5-4-12(11-20-17)22-6-8-24-9-7-22/h1-5,10-11H,6-9H2,(H,20,21,23). The highest BCUT2D eigenvalue weighted by Crippen LogP contribution is 2.28. The Labute approximate surface area is 148 Å². The predicted molar refractivity (Wildman–Crippen MR) is 97.0 cm³/mol. The molecule has 25 heavy (non-hydrogen) atoms. The van der Waals surface area contributed by atoms with Crippen LogP contribution in [0, 0.1) is 5.82 Å². The van der Waals surface area contributed by atoms with Crippen molar-refractivity contribution in [2.45, 2.75) is 0 Å². The normalized spacial score (nSPS) is 14.7. The fourth-order valence-electron chi connectivity index (χ4n) is 2.78. The summed E-state index contributed by atoms with van der Waals surface area (Å²) >= 11 is 1.26. The molecule has 1 N–H and O–H groups in total. The smallest absolute Gasteiger partial charge is 0.266 e. The maximum absolute atomic E-state index is 13.8. The lowest BCUT2D eigenvalue weighted by Crippen LogP contribution is -2.36. The molecule has 0 saturated carbocycles. The first kappa shape index (κ1) is 16.0. The number of ether oxygens (including phenoxy) is 1. The molecule has 3 heterocycles. The Morgan fingerprint density at radius 2 is 2.08 bits per heavy atom. The van der Waals surface area contributed by atoms with Crippen molar-refractivity contribution in [3.8, 4) is 0 Å². The van der Waals surface area contributed by atoms with E-state index in [-0.39, 0.29) is 11.7 Å². The van der Waals surface area contributed by atoms with Crippen LogP contribution in [0.1, 0.15) is 9.67 Å². The molecule has 1 aliphatic heterocycles. The average Bonchev–Trinajstić information content (AvgIpc) is 3.09. The van der Waals surface area contributed by atoms with E-state index >= 15 is 0 Å². The van der Waals surface area contributed by atoms with Gasteiger partial charge >= 0.3 is 0 Å². The topological polar surface area (TPSA) is 54.5 Å². The van der Waals surface area contributed by atoms with Gasteiger partial charge in [-0.2, -0.15) is 0 Å². The Morgan fingerprint density at radius 1 is 1.24 bits per heavy atom. The lowest BCUT2D eigenvalue weighted by molar-refractivity contribution is 0.103. The second-order valence-electron chi connectivity index (χ2n) is 5.72. The monoisotopic (exact) mass is 357 g/mol. The molecule has 2 aromatic heterocycles. The number of carbonyl (C=O) groups excluding carboxylic acids is 1. The molecule has 1 fully saturated rings. The highest BCUT2D eigenvalue weighted by atomic mass is 32.1. The number of pyridine rings is 1. The van der Waals surface area contributed by atoms with Gasteiger partial charge in [-0.3, -0.25) is 4.79 Å². The van der Waals surface area contributed by atoms with Crippen LogP contribution in [0.15, 0.2) is 42.6 Å². The van der Waals surface area contributed by atoms with E-state index in [1.807, 2.05) is 6.07 Å². The maximum atomic E-state index is 13.8. The van der Waals surface area contributed by atoms with Crippen molar-refractivity contribution >= 4 is 38.8 Å². The van der Waals surface area contributed by atoms with E-state index in [1.54, 1.807) is 30.5 Å². The number of hydrogen-bond acceptors (Lipinski definition) is 5. The zero-order valence-corrected chi connectivity index (χ0v) is 14.2. The highest BCUT2D eigenvalue weighted by molar-refractivity contribution is 7.20. The van der Waals surface area contributed by atoms with E-state index in [0.717, 1.165) is 23.5 Å². The number of nitrogens with one attached hydrogen (secondary N) is 1. The van der Waals surface area contributed by atoms with E-state index in [2.05, 4.69) is 15.2 Å². The molecule has 5 nitrogen and oxygen atoms in total. The van der Waals surface area contributed by atoms with Crippen LogP contribution in [0.4, 0.5) is 15.9 Å². The quantitative estimate of drug-likeness (QED) is 0.779. The average molecular weight is 357 g/mol. The van der Waals surface area contributed by atoms with Gasteiger partial charge in [0.05, 0.1) is 30.0 Å². The second-order valence-corrected chi connectivity index (χ2v) is 6.80. The van der Waals surface area contributed by atoms with Crippen LogP contribution in [-0.4, -0.2) is 37.2 Å². The minimum atomic E-state index is -0.319. The Bertz CT molecular complexity index is 904. The number of benzene rings is 1. The van der Waals surface area contributed by atoms with Gasteiger partial charge in [-0.25, -0.2) is 9.37 Å². The maximum Gasteiger partial charge on any atom is 0.266 e. The molecule has 0 atom stereocenters. The molecule has 0 unspecified atom stereocenters.